The second-order valence-corrected chi connectivity index (χ2v) is 2.99. The van der Waals surface area contributed by atoms with Crippen LogP contribution in [0, 0.1) is 26.0 Å². The van der Waals surface area contributed by atoms with E-state index in [1.165, 1.54) is 0 Å². The quantitative estimate of drug-likeness (QED) is 0.598. The van der Waals surface area contributed by atoms with Crippen molar-refractivity contribution in [2.24, 2.45) is 0 Å². The van der Waals surface area contributed by atoms with Gasteiger partial charge in [-0.3, -0.25) is 20.2 Å². The predicted octanol–water partition coefficient (Wildman–Crippen LogP) is 1.70. The molecule has 0 spiro atoms. The zero-order valence-corrected chi connectivity index (χ0v) is 8.21. The third kappa shape index (κ3) is 2.72. The van der Waals surface area contributed by atoms with Gasteiger partial charge in [0, 0.05) is 20.8 Å². The zero-order valence-electron chi connectivity index (χ0n) is 14.2. The van der Waals surface area contributed by atoms with Gasteiger partial charge in [-0.25, -0.2) is 0 Å². The molecule has 0 aromatic heterocycles. The Hall–Kier alpha value is -2.09. The number of nitro groups is 2. The number of nitrogens with zero attached hydrogens (tertiary/aromatic N) is 3. The van der Waals surface area contributed by atoms with Gasteiger partial charge in [-0.05, 0) is 20.0 Å². The molecule has 0 amide bonds. The first kappa shape index (κ1) is 6.60. The van der Waals surface area contributed by atoms with Crippen molar-refractivity contribution in [3.05, 3.63) is 43.7 Å². The second kappa shape index (κ2) is 4.83. The fourth-order valence-corrected chi connectivity index (χ4v) is 1.28. The van der Waals surface area contributed by atoms with Crippen LogP contribution in [0.4, 0.5) is 15.8 Å². The molecule has 1 rings (SSSR count). The van der Waals surface area contributed by atoms with Crippen molar-refractivity contribution >= 4 is 11.4 Å². The average Bonchev–Trinajstić information content (AvgIpc) is 2.31. The summed E-state index contributed by atoms with van der Waals surface area (Å²) in [7, 11) is 0. The van der Waals surface area contributed by atoms with Gasteiger partial charge in [0.2, 0.25) is 5.82 Å². The van der Waals surface area contributed by atoms with Crippen molar-refractivity contribution < 1.29 is 22.5 Å². The molecule has 8 heteroatoms. The Bertz CT molecular complexity index is 633. The lowest BCUT2D eigenvalue weighted by molar-refractivity contribution is -0.397. The lowest BCUT2D eigenvalue weighted by atomic mass is 10.1. The molecule has 0 bridgehead atoms. The van der Waals surface area contributed by atoms with Gasteiger partial charge >= 0.3 is 5.69 Å². The number of halogens is 1. The molecule has 0 aliphatic rings. The molecular formula is C9H10FN3O4. The molecule has 92 valence electrons. The molecule has 0 fully saturated rings. The highest BCUT2D eigenvalue weighted by Gasteiger charge is 2.29. The van der Waals surface area contributed by atoms with Crippen molar-refractivity contribution in [3.63, 3.8) is 0 Å². The van der Waals surface area contributed by atoms with Gasteiger partial charge in [0.25, 0.3) is 5.69 Å². The summed E-state index contributed by atoms with van der Waals surface area (Å²) in [5, 5.41) is 21.9. The first-order valence-electron chi connectivity index (χ1n) is 7.14. The molecule has 0 N–H and O–H groups in total. The van der Waals surface area contributed by atoms with Gasteiger partial charge in [0.1, 0.15) is 5.56 Å². The Morgan fingerprint density at radius 1 is 1.35 bits per heavy atom. The fraction of sp³-hybridized carbons (Fsp3) is 0.333. The van der Waals surface area contributed by atoms with E-state index in [0.29, 0.717) is 12.1 Å². The average molecular weight is 249 g/mol. The molecule has 0 unspecified atom stereocenters. The van der Waals surface area contributed by atoms with Gasteiger partial charge in [0.05, 0.1) is 9.85 Å². The van der Waals surface area contributed by atoms with E-state index < -0.39 is 53.1 Å². The predicted molar refractivity (Wildman–Crippen MR) is 57.1 cm³/mol. The Morgan fingerprint density at radius 3 is 2.47 bits per heavy atom. The maximum atomic E-state index is 13.6. The molecule has 7 nitrogen and oxygen atoms in total. The normalized spacial score (nSPS) is 17.3. The van der Waals surface area contributed by atoms with E-state index >= 15 is 0 Å². The van der Waals surface area contributed by atoms with Crippen LogP contribution in [0.1, 0.15) is 13.8 Å². The summed E-state index contributed by atoms with van der Waals surface area (Å²) < 4.78 is 56.6. The van der Waals surface area contributed by atoms with E-state index in [1.807, 2.05) is 0 Å². The van der Waals surface area contributed by atoms with Gasteiger partial charge in [0.15, 0.2) is 0 Å². The summed E-state index contributed by atoms with van der Waals surface area (Å²) in [4.78, 5) is 19.4. The highest BCUT2D eigenvalue weighted by molar-refractivity contribution is 5.54. The molecule has 1 aromatic carbocycles. The van der Waals surface area contributed by atoms with Crippen LogP contribution in [0.15, 0.2) is 12.1 Å². The monoisotopic (exact) mass is 249 g/mol. The Morgan fingerprint density at radius 2 is 2.00 bits per heavy atom. The van der Waals surface area contributed by atoms with Crippen molar-refractivity contribution in [1.29, 1.82) is 0 Å². The van der Waals surface area contributed by atoms with E-state index in [9.17, 15) is 24.6 Å². The number of nitro benzene ring substituents is 2. The largest absolute Gasteiger partial charge is 0.316 e. The molecule has 17 heavy (non-hydrogen) atoms. The van der Waals surface area contributed by atoms with Crippen LogP contribution in [0.2, 0.25) is 0 Å². The third-order valence-electron chi connectivity index (χ3n) is 1.90. The maximum Gasteiger partial charge on any atom is 0.316 e. The van der Waals surface area contributed by atoms with Crippen LogP contribution in [0.3, 0.4) is 0 Å². The van der Waals surface area contributed by atoms with E-state index in [0.717, 1.165) is 0 Å². The van der Waals surface area contributed by atoms with E-state index in [2.05, 4.69) is 0 Å². The smallest absolute Gasteiger partial charge is 0.305 e. The first-order valence-corrected chi connectivity index (χ1v) is 4.14. The maximum absolute atomic E-state index is 13.6. The summed E-state index contributed by atoms with van der Waals surface area (Å²) in [6.07, 6.45) is 0. The van der Waals surface area contributed by atoms with Crippen LogP contribution < -0.4 is 0 Å². The minimum atomic E-state index is -3.24. The summed E-state index contributed by atoms with van der Waals surface area (Å²) in [5.41, 5.74) is -3.22. The molecule has 0 saturated heterocycles. The fourth-order valence-electron chi connectivity index (χ4n) is 1.28. The van der Waals surface area contributed by atoms with Gasteiger partial charge in [-0.2, -0.15) is 4.39 Å². The molecule has 1 aromatic rings. The van der Waals surface area contributed by atoms with Crippen LogP contribution in [0.5, 0.6) is 0 Å². The molecule has 0 saturated carbocycles. The standard InChI is InChI=1S/C9H10FN3O4/c1-11(2)5-6-8(12(14)15)4-3-7(10)9(6)13(16)17/h3-4H,5H2,1-2H3/i1D3,2D3. The van der Waals surface area contributed by atoms with Crippen molar-refractivity contribution in [2.75, 3.05) is 14.0 Å². The van der Waals surface area contributed by atoms with Gasteiger partial charge < -0.3 is 4.90 Å². The molecule has 0 radical (unpaired) electrons. The molecule has 0 atom stereocenters. The number of rotatable bonds is 4. The van der Waals surface area contributed by atoms with Crippen LogP contribution in [-0.4, -0.2) is 28.7 Å². The van der Waals surface area contributed by atoms with E-state index in [-0.39, 0.29) is 4.90 Å². The lowest BCUT2D eigenvalue weighted by Gasteiger charge is -2.10. The molecule has 0 aliphatic heterocycles. The highest BCUT2D eigenvalue weighted by Crippen LogP contribution is 2.31. The first-order chi connectivity index (χ1) is 10.3. The number of hydrogen-bond donors (Lipinski definition) is 0. The second-order valence-electron chi connectivity index (χ2n) is 2.99. The summed E-state index contributed by atoms with van der Waals surface area (Å²) in [5.74, 6) is -1.44. The third-order valence-corrected chi connectivity index (χ3v) is 1.90. The van der Waals surface area contributed by atoms with Crippen molar-refractivity contribution in [2.45, 2.75) is 6.54 Å². The Kier molecular flexibility index (Phi) is 1.87. The van der Waals surface area contributed by atoms with Crippen LogP contribution in [0.25, 0.3) is 0 Å². The summed E-state index contributed by atoms with van der Waals surface area (Å²) >= 11 is 0. The highest BCUT2D eigenvalue weighted by atomic mass is 19.1. The van der Waals surface area contributed by atoms with Gasteiger partial charge in [-0.1, -0.05) is 0 Å². The molecule has 0 heterocycles. The van der Waals surface area contributed by atoms with E-state index in [1.54, 1.807) is 0 Å². The number of hydrogen-bond acceptors (Lipinski definition) is 5. The minimum Gasteiger partial charge on any atom is -0.305 e. The Labute approximate surface area is 104 Å². The SMILES string of the molecule is [2H]C([2H])([2H])N(Cc1c([N+](=O)[O-])ccc(F)c1[N+](=O)[O-])C([2H])([2H])[2H]. The topological polar surface area (TPSA) is 89.5 Å². The number of benzene rings is 1. The van der Waals surface area contributed by atoms with Crippen molar-refractivity contribution in [1.82, 2.24) is 4.90 Å². The van der Waals surface area contributed by atoms with Gasteiger partial charge in [-0.15, -0.1) is 0 Å². The van der Waals surface area contributed by atoms with E-state index in [4.69, 9.17) is 8.22 Å². The zero-order chi connectivity index (χ0) is 18.2. The summed E-state index contributed by atoms with van der Waals surface area (Å²) in [6.45, 7) is -7.70. The molecule has 0 aliphatic carbocycles. The van der Waals surface area contributed by atoms with Crippen LogP contribution >= 0.6 is 0 Å². The minimum absolute atomic E-state index is 0.130. The molecular weight excluding hydrogens is 233 g/mol. The lowest BCUT2D eigenvalue weighted by Crippen LogP contribution is -2.14. The Balaban J connectivity index is 3.60. The van der Waals surface area contributed by atoms with Crippen molar-refractivity contribution in [3.8, 4) is 0 Å². The van der Waals surface area contributed by atoms with Crippen LogP contribution in [-0.2, 0) is 6.54 Å². The summed E-state index contributed by atoms with van der Waals surface area (Å²) in [6, 6.07) is 1.09.